The van der Waals surface area contributed by atoms with E-state index in [1.54, 1.807) is 0 Å². The van der Waals surface area contributed by atoms with Gasteiger partial charge >= 0.3 is 0 Å². The van der Waals surface area contributed by atoms with Crippen molar-refractivity contribution < 1.29 is 9.84 Å². The standard InChI is InChI=1S/C8H7N.C5H10O2/c1-2-4-8-7(3-1)5-6-9-8;6-4-5-2-1-3-7-5/h1-6,9H;5-6H,1-4H2. The molecule has 2 aromatic rings. The van der Waals surface area contributed by atoms with E-state index in [1.165, 1.54) is 10.9 Å². The minimum Gasteiger partial charge on any atom is -0.394 e. The van der Waals surface area contributed by atoms with Crippen molar-refractivity contribution in [3.05, 3.63) is 36.5 Å². The van der Waals surface area contributed by atoms with Crippen LogP contribution in [0.2, 0.25) is 0 Å². The normalized spacial score (nSPS) is 19.4. The predicted molar refractivity (Wildman–Crippen MR) is 64.4 cm³/mol. The Labute approximate surface area is 95.1 Å². The second kappa shape index (κ2) is 5.68. The maximum absolute atomic E-state index is 8.44. The van der Waals surface area contributed by atoms with E-state index in [0.717, 1.165) is 19.4 Å². The Bertz CT molecular complexity index is 388. The highest BCUT2D eigenvalue weighted by Gasteiger charge is 2.12. The number of rotatable bonds is 1. The molecule has 1 aliphatic rings. The molecule has 0 saturated carbocycles. The maximum Gasteiger partial charge on any atom is 0.0806 e. The van der Waals surface area contributed by atoms with Crippen LogP contribution in [-0.2, 0) is 4.74 Å². The van der Waals surface area contributed by atoms with Crippen molar-refractivity contribution in [1.29, 1.82) is 0 Å². The summed E-state index contributed by atoms with van der Waals surface area (Å²) in [6.07, 6.45) is 4.26. The summed E-state index contributed by atoms with van der Waals surface area (Å²) in [7, 11) is 0. The number of H-pyrrole nitrogens is 1. The Kier molecular flexibility index (Phi) is 3.97. The third-order valence-corrected chi connectivity index (χ3v) is 2.69. The van der Waals surface area contributed by atoms with Crippen molar-refractivity contribution in [2.75, 3.05) is 13.2 Å². The molecule has 1 aromatic carbocycles. The Morgan fingerprint density at radius 1 is 1.31 bits per heavy atom. The first-order chi connectivity index (χ1) is 7.90. The van der Waals surface area contributed by atoms with Crippen LogP contribution in [0.1, 0.15) is 12.8 Å². The summed E-state index contributed by atoms with van der Waals surface area (Å²) in [4.78, 5) is 3.12. The van der Waals surface area contributed by atoms with Crippen LogP contribution in [0.15, 0.2) is 36.5 Å². The van der Waals surface area contributed by atoms with Crippen LogP contribution in [0.5, 0.6) is 0 Å². The van der Waals surface area contributed by atoms with Crippen molar-refractivity contribution in [3.63, 3.8) is 0 Å². The minimum absolute atomic E-state index is 0.153. The molecule has 3 rings (SSSR count). The molecule has 3 nitrogen and oxygen atoms in total. The van der Waals surface area contributed by atoms with Gasteiger partial charge in [0, 0.05) is 18.3 Å². The molecule has 2 N–H and O–H groups in total. The van der Waals surface area contributed by atoms with Crippen LogP contribution in [0.25, 0.3) is 10.9 Å². The minimum atomic E-state index is 0.153. The van der Waals surface area contributed by atoms with Gasteiger partial charge in [-0.3, -0.25) is 0 Å². The fourth-order valence-corrected chi connectivity index (χ4v) is 1.78. The molecule has 0 bridgehead atoms. The number of aromatic nitrogens is 1. The number of aromatic amines is 1. The van der Waals surface area contributed by atoms with Gasteiger partial charge in [0.2, 0.25) is 0 Å². The van der Waals surface area contributed by atoms with E-state index in [-0.39, 0.29) is 12.7 Å². The highest BCUT2D eigenvalue weighted by atomic mass is 16.5. The average molecular weight is 219 g/mol. The second-order valence-electron chi connectivity index (χ2n) is 3.88. The smallest absolute Gasteiger partial charge is 0.0806 e. The number of benzene rings is 1. The van der Waals surface area contributed by atoms with E-state index in [2.05, 4.69) is 23.2 Å². The fourth-order valence-electron chi connectivity index (χ4n) is 1.78. The summed E-state index contributed by atoms with van der Waals surface area (Å²) in [5.41, 5.74) is 1.21. The van der Waals surface area contributed by atoms with E-state index in [9.17, 15) is 0 Å². The van der Waals surface area contributed by atoms with E-state index < -0.39 is 0 Å². The number of hydrogen-bond donors (Lipinski definition) is 2. The SMILES string of the molecule is OCC1CCCO1.c1ccc2[nH]ccc2c1. The van der Waals surface area contributed by atoms with Crippen molar-refractivity contribution >= 4 is 10.9 Å². The summed E-state index contributed by atoms with van der Waals surface area (Å²) in [6.45, 7) is 1.03. The average Bonchev–Trinajstić information content (AvgIpc) is 3.01. The van der Waals surface area contributed by atoms with E-state index >= 15 is 0 Å². The van der Waals surface area contributed by atoms with Gasteiger partial charge in [-0.1, -0.05) is 18.2 Å². The van der Waals surface area contributed by atoms with Gasteiger partial charge in [-0.25, -0.2) is 0 Å². The maximum atomic E-state index is 8.44. The van der Waals surface area contributed by atoms with Gasteiger partial charge in [0.15, 0.2) is 0 Å². The molecule has 1 saturated heterocycles. The molecule has 1 fully saturated rings. The lowest BCUT2D eigenvalue weighted by atomic mass is 10.2. The van der Waals surface area contributed by atoms with Gasteiger partial charge in [-0.15, -0.1) is 0 Å². The highest BCUT2D eigenvalue weighted by Crippen LogP contribution is 2.10. The molecule has 86 valence electrons. The lowest BCUT2D eigenvalue weighted by Crippen LogP contribution is -2.09. The van der Waals surface area contributed by atoms with Gasteiger partial charge in [0.05, 0.1) is 12.7 Å². The van der Waals surface area contributed by atoms with Gasteiger partial charge in [0.25, 0.3) is 0 Å². The van der Waals surface area contributed by atoms with Gasteiger partial charge in [-0.2, -0.15) is 0 Å². The predicted octanol–water partition coefficient (Wildman–Crippen LogP) is 2.33. The molecule has 0 spiro atoms. The molecule has 3 heteroatoms. The molecule has 1 aromatic heterocycles. The van der Waals surface area contributed by atoms with Crippen LogP contribution < -0.4 is 0 Å². The zero-order valence-electron chi connectivity index (χ0n) is 9.23. The lowest BCUT2D eigenvalue weighted by Gasteiger charge is -2.00. The zero-order valence-corrected chi connectivity index (χ0v) is 9.23. The molecular formula is C13H17NO2. The van der Waals surface area contributed by atoms with E-state index in [1.807, 2.05) is 18.3 Å². The quantitative estimate of drug-likeness (QED) is 0.773. The lowest BCUT2D eigenvalue weighted by molar-refractivity contribution is 0.0591. The Hall–Kier alpha value is -1.32. The second-order valence-corrected chi connectivity index (χ2v) is 3.88. The Balaban J connectivity index is 0.000000125. The van der Waals surface area contributed by atoms with Crippen molar-refractivity contribution in [3.8, 4) is 0 Å². The first-order valence-electron chi connectivity index (χ1n) is 5.65. The van der Waals surface area contributed by atoms with Gasteiger partial charge in [-0.05, 0) is 30.4 Å². The van der Waals surface area contributed by atoms with E-state index in [4.69, 9.17) is 9.84 Å². The summed E-state index contributed by atoms with van der Waals surface area (Å²) < 4.78 is 5.05. The summed E-state index contributed by atoms with van der Waals surface area (Å²) in [5, 5.41) is 9.72. The number of hydrogen-bond acceptors (Lipinski definition) is 2. The van der Waals surface area contributed by atoms with Crippen LogP contribution in [0.3, 0.4) is 0 Å². The van der Waals surface area contributed by atoms with Crippen LogP contribution in [0.4, 0.5) is 0 Å². The molecule has 1 aliphatic heterocycles. The molecule has 0 aliphatic carbocycles. The van der Waals surface area contributed by atoms with Gasteiger partial charge in [0.1, 0.15) is 0 Å². The largest absolute Gasteiger partial charge is 0.394 e. The summed E-state index contributed by atoms with van der Waals surface area (Å²) in [5.74, 6) is 0. The van der Waals surface area contributed by atoms with Crippen LogP contribution in [-0.4, -0.2) is 29.4 Å². The first kappa shape index (κ1) is 11.2. The third-order valence-electron chi connectivity index (χ3n) is 2.69. The molecule has 1 atom stereocenters. The molecule has 0 amide bonds. The van der Waals surface area contributed by atoms with Crippen molar-refractivity contribution in [1.82, 2.24) is 4.98 Å². The number of nitrogens with one attached hydrogen (secondary N) is 1. The number of aliphatic hydroxyl groups is 1. The van der Waals surface area contributed by atoms with Crippen molar-refractivity contribution in [2.45, 2.75) is 18.9 Å². The summed E-state index contributed by atoms with van der Waals surface area (Å²) >= 11 is 0. The summed E-state index contributed by atoms with van der Waals surface area (Å²) in [6, 6.07) is 10.3. The van der Waals surface area contributed by atoms with Crippen LogP contribution in [0, 0.1) is 0 Å². The van der Waals surface area contributed by atoms with E-state index in [0.29, 0.717) is 0 Å². The number of para-hydroxylation sites is 1. The Morgan fingerprint density at radius 2 is 2.19 bits per heavy atom. The first-order valence-corrected chi connectivity index (χ1v) is 5.65. The monoisotopic (exact) mass is 219 g/mol. The molecule has 0 radical (unpaired) electrons. The molecule has 1 unspecified atom stereocenters. The number of aliphatic hydroxyl groups excluding tert-OH is 1. The zero-order chi connectivity index (χ0) is 11.2. The number of fused-ring (bicyclic) bond motifs is 1. The van der Waals surface area contributed by atoms with Crippen LogP contribution >= 0.6 is 0 Å². The third kappa shape index (κ3) is 2.84. The highest BCUT2D eigenvalue weighted by molar-refractivity contribution is 5.78. The molecule has 2 heterocycles. The molecule has 16 heavy (non-hydrogen) atoms. The van der Waals surface area contributed by atoms with Gasteiger partial charge < -0.3 is 14.8 Å². The Morgan fingerprint density at radius 3 is 2.81 bits per heavy atom. The van der Waals surface area contributed by atoms with Crippen molar-refractivity contribution in [2.24, 2.45) is 0 Å². The topological polar surface area (TPSA) is 45.2 Å². The number of ether oxygens (including phenoxy) is 1. The molecular weight excluding hydrogens is 202 g/mol. The fraction of sp³-hybridized carbons (Fsp3) is 0.385.